The first kappa shape index (κ1) is 41.4. The van der Waals surface area contributed by atoms with Crippen LogP contribution in [0.1, 0.15) is 55.4 Å². The molecule has 1 aliphatic heterocycles. The van der Waals surface area contributed by atoms with Crippen LogP contribution in [-0.4, -0.2) is 61.7 Å². The number of aryl methyl sites for hydroxylation is 3. The Morgan fingerprint density at radius 1 is 0.830 bits per heavy atom. The first-order chi connectivity index (χ1) is 21.6. The normalized spacial score (nSPS) is 11.7. The Balaban J connectivity index is 0.000000415. The minimum atomic E-state index is -0.721. The molecule has 0 aromatic carbocycles. The minimum absolute atomic E-state index is 0. The Morgan fingerprint density at radius 3 is 1.85 bits per heavy atom. The van der Waals surface area contributed by atoms with E-state index in [1.165, 1.54) is 26.4 Å². The second kappa shape index (κ2) is 18.7. The summed E-state index contributed by atoms with van der Waals surface area (Å²) in [5.74, 6) is -2.57. The van der Waals surface area contributed by atoms with Gasteiger partial charge in [0, 0.05) is 18.7 Å². The molecular formula is C28H33BBr3N3O12. The van der Waals surface area contributed by atoms with E-state index >= 15 is 0 Å². The van der Waals surface area contributed by atoms with E-state index in [9.17, 15) is 38.4 Å². The van der Waals surface area contributed by atoms with Crippen molar-refractivity contribution >= 4 is 85.3 Å². The van der Waals surface area contributed by atoms with Crippen LogP contribution in [0.25, 0.3) is 11.1 Å². The predicted molar refractivity (Wildman–Crippen MR) is 183 cm³/mol. The lowest BCUT2D eigenvalue weighted by Crippen LogP contribution is -2.46. The third-order valence-electron chi connectivity index (χ3n) is 6.49. The number of amides is 2. The molecule has 0 fully saturated rings. The molecule has 0 atom stereocenters. The number of hydrogen-bond donors (Lipinski definition) is 0. The number of hydrogen-bond acceptors (Lipinski definition) is 12. The highest BCUT2D eigenvalue weighted by Crippen LogP contribution is 2.22. The Kier molecular flexibility index (Phi) is 16.5. The monoisotopic (exact) mass is 851 g/mol. The fourth-order valence-corrected chi connectivity index (χ4v) is 4.38. The Labute approximate surface area is 293 Å². The molecule has 15 nitrogen and oxygen atoms in total. The maximum atomic E-state index is 12.5. The van der Waals surface area contributed by atoms with Gasteiger partial charge in [0.15, 0.2) is 0 Å². The number of methoxy groups -OCH3 is 2. The van der Waals surface area contributed by atoms with Gasteiger partial charge in [-0.3, -0.25) is 33.4 Å². The van der Waals surface area contributed by atoms with Gasteiger partial charge < -0.3 is 18.3 Å². The molecule has 0 aliphatic carbocycles. The second-order valence-corrected chi connectivity index (χ2v) is 15.6. The predicted octanol–water partition coefficient (Wildman–Crippen LogP) is 2.56. The molecule has 2 amide bonds. The highest BCUT2D eigenvalue weighted by atomic mass is 79.9. The van der Waals surface area contributed by atoms with Gasteiger partial charge in [-0.15, -0.1) is 47.3 Å². The van der Waals surface area contributed by atoms with Crippen molar-refractivity contribution in [1.82, 2.24) is 14.0 Å². The van der Waals surface area contributed by atoms with Gasteiger partial charge in [0.05, 0.1) is 26.2 Å². The minimum Gasteiger partial charge on any atom is -0.468 e. The van der Waals surface area contributed by atoms with Crippen LogP contribution in [-0.2, 0) is 56.2 Å². The van der Waals surface area contributed by atoms with Crippen molar-refractivity contribution in [1.29, 1.82) is 0 Å². The average Bonchev–Trinajstić information content (AvgIpc) is 3.00. The first-order valence-corrected chi connectivity index (χ1v) is 16.3. The van der Waals surface area contributed by atoms with Gasteiger partial charge in [-0.25, -0.2) is 19.0 Å². The summed E-state index contributed by atoms with van der Waals surface area (Å²) in [5, 5.41) is 0.132. The van der Waals surface area contributed by atoms with E-state index in [0.29, 0.717) is 24.0 Å². The molecule has 3 aromatic rings. The molecule has 19 heteroatoms. The van der Waals surface area contributed by atoms with Gasteiger partial charge in [-0.2, -0.15) is 0 Å². The summed E-state index contributed by atoms with van der Waals surface area (Å²) >= 11 is 9.31. The quantitative estimate of drug-likeness (QED) is 0.192. The SMILES string of the molecule is BrB(Br)Br.C.CCc1cc(=O)oc2c1C(=O)N(CC(=O)OC)C(=O)C2.CCc1cc(=O)oc2c1c(=O)n(CC(=O)OC)c(=O)n2CC. The maximum absolute atomic E-state index is 12.5. The molecule has 0 unspecified atom stereocenters. The fraction of sp³-hybridized carbons (Fsp3) is 0.429. The molecular weight excluding hydrogens is 821 g/mol. The van der Waals surface area contributed by atoms with Gasteiger partial charge in [0.2, 0.25) is 11.6 Å². The molecule has 4 rings (SSSR count). The van der Waals surface area contributed by atoms with Crippen LogP contribution in [0.3, 0.4) is 0 Å². The van der Waals surface area contributed by atoms with Crippen LogP contribution in [0.5, 0.6) is 0 Å². The molecule has 3 aromatic heterocycles. The molecule has 0 saturated heterocycles. The number of fused-ring (bicyclic) bond motifs is 2. The third-order valence-corrected chi connectivity index (χ3v) is 6.49. The number of halogens is 3. The lowest BCUT2D eigenvalue weighted by atomic mass is 9.98. The van der Waals surface area contributed by atoms with Crippen molar-refractivity contribution in [3.63, 3.8) is 0 Å². The number of aromatic nitrogens is 2. The van der Waals surface area contributed by atoms with Crippen LogP contribution in [0.15, 0.2) is 40.1 Å². The Bertz CT molecular complexity index is 1880. The number of esters is 2. The van der Waals surface area contributed by atoms with Gasteiger partial charge in [0.25, 0.3) is 11.5 Å². The lowest BCUT2D eigenvalue weighted by molar-refractivity contribution is -0.145. The molecule has 0 spiro atoms. The molecule has 256 valence electrons. The first-order valence-electron chi connectivity index (χ1n) is 13.5. The zero-order chi connectivity index (χ0) is 34.9. The molecule has 0 bridgehead atoms. The number of rotatable bonds is 7. The smallest absolute Gasteiger partial charge is 0.369 e. The summed E-state index contributed by atoms with van der Waals surface area (Å²) in [6, 6.07) is 2.44. The van der Waals surface area contributed by atoms with Crippen molar-refractivity contribution in [2.24, 2.45) is 0 Å². The zero-order valence-corrected chi connectivity index (χ0v) is 30.1. The van der Waals surface area contributed by atoms with Crippen LogP contribution < -0.4 is 22.5 Å². The van der Waals surface area contributed by atoms with E-state index < -0.39 is 59.3 Å². The largest absolute Gasteiger partial charge is 0.468 e. The molecule has 47 heavy (non-hydrogen) atoms. The number of carbonyl (C=O) groups excluding carboxylic acids is 4. The highest BCUT2D eigenvalue weighted by molar-refractivity contribution is 9.69. The number of imide groups is 1. The molecule has 0 radical (unpaired) electrons. The van der Waals surface area contributed by atoms with E-state index in [2.05, 4.69) is 56.7 Å². The number of ether oxygens (including phenoxy) is 2. The average molecular weight is 854 g/mol. The van der Waals surface area contributed by atoms with Crippen molar-refractivity contribution in [2.45, 2.75) is 60.5 Å². The number of nitrogens with zero attached hydrogens (tertiary/aromatic N) is 3. The summed E-state index contributed by atoms with van der Waals surface area (Å²) in [6.07, 6.45) is 0.637. The summed E-state index contributed by atoms with van der Waals surface area (Å²) in [7, 11) is 2.34. The Morgan fingerprint density at radius 2 is 1.34 bits per heavy atom. The second-order valence-electron chi connectivity index (χ2n) is 9.15. The zero-order valence-electron chi connectivity index (χ0n) is 25.3. The van der Waals surface area contributed by atoms with Crippen molar-refractivity contribution in [3.8, 4) is 0 Å². The molecule has 0 N–H and O–H groups in total. The van der Waals surface area contributed by atoms with Crippen molar-refractivity contribution < 1.29 is 37.5 Å². The molecule has 4 heterocycles. The number of carbonyl (C=O) groups is 4. The van der Waals surface area contributed by atoms with E-state index in [4.69, 9.17) is 8.83 Å². The highest BCUT2D eigenvalue weighted by Gasteiger charge is 2.36. The van der Waals surface area contributed by atoms with Crippen LogP contribution in [0.4, 0.5) is 0 Å². The van der Waals surface area contributed by atoms with E-state index in [1.54, 1.807) is 20.8 Å². The van der Waals surface area contributed by atoms with Crippen LogP contribution in [0, 0.1) is 0 Å². The molecule has 1 aliphatic rings. The van der Waals surface area contributed by atoms with Crippen LogP contribution >= 0.6 is 47.3 Å². The van der Waals surface area contributed by atoms with Crippen molar-refractivity contribution in [3.05, 3.63) is 76.3 Å². The van der Waals surface area contributed by atoms with Gasteiger partial charge in [-0.1, -0.05) is 21.3 Å². The summed E-state index contributed by atoms with van der Waals surface area (Å²) < 4.78 is 21.1. The summed E-state index contributed by atoms with van der Waals surface area (Å²) in [4.78, 5) is 95.5. The fourth-order valence-electron chi connectivity index (χ4n) is 4.38. The maximum Gasteiger partial charge on any atom is 0.369 e. The summed E-state index contributed by atoms with van der Waals surface area (Å²) in [6.45, 7) is 4.48. The van der Waals surface area contributed by atoms with E-state index in [0.717, 1.165) is 14.0 Å². The van der Waals surface area contributed by atoms with Gasteiger partial charge >= 0.3 is 32.1 Å². The topological polar surface area (TPSA) is 194 Å². The van der Waals surface area contributed by atoms with E-state index in [1.807, 2.05) is 0 Å². The summed E-state index contributed by atoms with van der Waals surface area (Å²) in [5.41, 5.74) is -1.52. The molecule has 0 saturated carbocycles. The van der Waals surface area contributed by atoms with Crippen molar-refractivity contribution in [2.75, 3.05) is 20.8 Å². The van der Waals surface area contributed by atoms with E-state index in [-0.39, 0.29) is 46.0 Å². The standard InChI is InChI=1S/C14H16N2O6.C13H13NO6.CH4.BBr3/c1-4-8-6-9(17)22-13-11(8)12(19)16(7-10(18)21-3)14(20)15(13)5-2;1-3-7-4-10(16)20-8-5-9(15)14(6-11(17)19-2)13(18)12(7)8;;2-1(3)4/h6H,4-5,7H2,1-3H3;4H,3,5-6H2,1-2H3;1H4;. The third kappa shape index (κ3) is 10.2. The lowest BCUT2D eigenvalue weighted by Gasteiger charge is -2.25. The Hall–Kier alpha value is -3.58. The van der Waals surface area contributed by atoms with Crippen LogP contribution in [0.2, 0.25) is 0 Å². The van der Waals surface area contributed by atoms with Gasteiger partial charge in [0.1, 0.15) is 24.2 Å². The van der Waals surface area contributed by atoms with Gasteiger partial charge in [-0.05, 0) is 30.9 Å².